The lowest BCUT2D eigenvalue weighted by Crippen LogP contribution is -2.01. The van der Waals surface area contributed by atoms with Crippen molar-refractivity contribution in [3.05, 3.63) is 44.3 Å². The van der Waals surface area contributed by atoms with Crippen molar-refractivity contribution in [2.45, 2.75) is 9.79 Å². The molecule has 0 aliphatic heterocycles. The van der Waals surface area contributed by atoms with Crippen molar-refractivity contribution in [2.75, 3.05) is 13.1 Å². The van der Waals surface area contributed by atoms with E-state index in [4.69, 9.17) is 9.11 Å². The second kappa shape index (κ2) is 9.53. The van der Waals surface area contributed by atoms with E-state index >= 15 is 0 Å². The van der Waals surface area contributed by atoms with Crippen LogP contribution in [-0.2, 0) is 20.2 Å². The number of rotatable bonds is 7. The highest BCUT2D eigenvalue weighted by Gasteiger charge is 2.19. The topological polar surface area (TPSA) is 174 Å². The summed E-state index contributed by atoms with van der Waals surface area (Å²) >= 11 is 6.14. The number of hydrogen-bond donors (Lipinski definition) is 4. The SMILES string of the molecule is O=S(=O)(O)c1cc(Br)cc(C=NCCN=Cc2cc(Br)cc(S(=O)(=O)O)c2O)c1O. The summed E-state index contributed by atoms with van der Waals surface area (Å²) in [5, 5.41) is 19.9. The predicted molar refractivity (Wildman–Crippen MR) is 116 cm³/mol. The van der Waals surface area contributed by atoms with Crippen molar-refractivity contribution in [3.8, 4) is 11.5 Å². The van der Waals surface area contributed by atoms with Gasteiger partial charge in [-0.25, -0.2) is 0 Å². The molecule has 0 unspecified atom stereocenters. The van der Waals surface area contributed by atoms with E-state index in [0.29, 0.717) is 8.95 Å². The molecule has 0 bridgehead atoms. The summed E-state index contributed by atoms with van der Waals surface area (Å²) in [6.45, 7) is 0.202. The van der Waals surface area contributed by atoms with Gasteiger partial charge in [0.1, 0.15) is 21.3 Å². The summed E-state index contributed by atoms with van der Waals surface area (Å²) in [5.41, 5.74) is 0.0896. The van der Waals surface area contributed by atoms with Crippen LogP contribution < -0.4 is 0 Å². The van der Waals surface area contributed by atoms with Crippen molar-refractivity contribution in [3.63, 3.8) is 0 Å². The van der Waals surface area contributed by atoms with Gasteiger partial charge in [-0.05, 0) is 24.3 Å². The Hall–Kier alpha value is -1.84. The molecule has 0 amide bonds. The third-order valence-electron chi connectivity index (χ3n) is 3.51. The summed E-state index contributed by atoms with van der Waals surface area (Å²) in [4.78, 5) is 6.64. The van der Waals surface area contributed by atoms with Crippen LogP contribution in [0.15, 0.2) is 53.0 Å². The van der Waals surface area contributed by atoms with Crippen molar-refractivity contribution in [1.82, 2.24) is 0 Å². The van der Waals surface area contributed by atoms with Gasteiger partial charge in [-0.2, -0.15) is 16.8 Å². The highest BCUT2D eigenvalue weighted by molar-refractivity contribution is 9.10. The largest absolute Gasteiger partial charge is 0.506 e. The molecule has 2 aromatic carbocycles. The van der Waals surface area contributed by atoms with Crippen LogP contribution in [0, 0.1) is 0 Å². The Morgan fingerprint density at radius 3 is 1.37 bits per heavy atom. The Labute approximate surface area is 188 Å². The summed E-state index contributed by atoms with van der Waals surface area (Å²) in [5.74, 6) is -1.32. The number of aromatic hydroxyl groups is 2. The number of benzene rings is 2. The van der Waals surface area contributed by atoms with Gasteiger partial charge in [0.25, 0.3) is 20.2 Å². The van der Waals surface area contributed by atoms with Crippen LogP contribution >= 0.6 is 31.9 Å². The fourth-order valence-corrected chi connectivity index (χ4v) is 4.75. The lowest BCUT2D eigenvalue weighted by Gasteiger charge is -2.06. The molecule has 0 saturated heterocycles. The van der Waals surface area contributed by atoms with Crippen molar-refractivity contribution in [2.24, 2.45) is 9.98 Å². The molecule has 0 aromatic heterocycles. The number of nitrogens with zero attached hydrogens (tertiary/aromatic N) is 2. The third-order valence-corrected chi connectivity index (χ3v) is 6.16. The molecule has 2 rings (SSSR count). The second-order valence-electron chi connectivity index (χ2n) is 5.70. The van der Waals surface area contributed by atoms with Crippen LogP contribution in [0.5, 0.6) is 11.5 Å². The van der Waals surface area contributed by atoms with E-state index in [1.54, 1.807) is 0 Å². The minimum atomic E-state index is -4.62. The van der Waals surface area contributed by atoms with E-state index in [1.807, 2.05) is 0 Å². The fraction of sp³-hybridized carbons (Fsp3) is 0.125. The first-order chi connectivity index (χ1) is 13.8. The maximum absolute atomic E-state index is 11.3. The highest BCUT2D eigenvalue weighted by atomic mass is 79.9. The van der Waals surface area contributed by atoms with E-state index in [0.717, 1.165) is 12.1 Å². The maximum Gasteiger partial charge on any atom is 0.298 e. The fourth-order valence-electron chi connectivity index (χ4n) is 2.22. The molecule has 0 aliphatic rings. The van der Waals surface area contributed by atoms with Crippen molar-refractivity contribution in [1.29, 1.82) is 0 Å². The quantitative estimate of drug-likeness (QED) is 0.218. The van der Waals surface area contributed by atoms with Gasteiger partial charge in [0.2, 0.25) is 0 Å². The molecule has 0 atom stereocenters. The molecule has 0 fully saturated rings. The van der Waals surface area contributed by atoms with E-state index in [9.17, 15) is 27.0 Å². The highest BCUT2D eigenvalue weighted by Crippen LogP contribution is 2.31. The van der Waals surface area contributed by atoms with Crippen LogP contribution in [0.3, 0.4) is 0 Å². The van der Waals surface area contributed by atoms with Crippen LogP contribution in [-0.4, -0.2) is 61.7 Å². The number of aliphatic imine (C=N–C) groups is 2. The average molecular weight is 586 g/mol. The number of phenols is 2. The van der Waals surface area contributed by atoms with Gasteiger partial charge in [0.05, 0.1) is 13.1 Å². The van der Waals surface area contributed by atoms with Crippen LogP contribution in [0.1, 0.15) is 11.1 Å². The zero-order chi connectivity index (χ0) is 22.7. The normalized spacial score (nSPS) is 12.8. The molecule has 4 N–H and O–H groups in total. The standard InChI is InChI=1S/C16H14Br2N2O8S2/c17-11-3-9(15(21)13(5-11)29(23,24)25)7-19-1-2-20-8-10-4-12(18)6-14(16(10)22)30(26,27)28/h3-8,21-22H,1-2H2,(H,23,24,25)(H,26,27,28). The maximum atomic E-state index is 11.3. The van der Waals surface area contributed by atoms with Crippen LogP contribution in [0.25, 0.3) is 0 Å². The third kappa shape index (κ3) is 6.33. The Morgan fingerprint density at radius 2 is 1.07 bits per heavy atom. The Bertz CT molecular complexity index is 1140. The monoisotopic (exact) mass is 584 g/mol. The van der Waals surface area contributed by atoms with E-state index in [-0.39, 0.29) is 24.2 Å². The molecular formula is C16H14Br2N2O8S2. The molecule has 10 nitrogen and oxygen atoms in total. The first-order valence-electron chi connectivity index (χ1n) is 7.80. The van der Waals surface area contributed by atoms with Gasteiger partial charge < -0.3 is 10.2 Å². The lowest BCUT2D eigenvalue weighted by molar-refractivity contribution is 0.440. The molecule has 0 heterocycles. The Morgan fingerprint density at radius 1 is 0.733 bits per heavy atom. The second-order valence-corrected chi connectivity index (χ2v) is 10.3. The molecular weight excluding hydrogens is 572 g/mol. The zero-order valence-corrected chi connectivity index (χ0v) is 19.6. The van der Waals surface area contributed by atoms with E-state index in [1.165, 1.54) is 24.6 Å². The lowest BCUT2D eigenvalue weighted by atomic mass is 10.2. The van der Waals surface area contributed by atoms with Crippen molar-refractivity contribution >= 4 is 64.5 Å². The van der Waals surface area contributed by atoms with Gasteiger partial charge in [0, 0.05) is 32.5 Å². The molecule has 0 radical (unpaired) electrons. The summed E-state index contributed by atoms with van der Waals surface area (Å²) in [6, 6.07) is 4.87. The van der Waals surface area contributed by atoms with Crippen molar-refractivity contribution < 1.29 is 36.2 Å². The first-order valence-corrected chi connectivity index (χ1v) is 12.3. The molecule has 30 heavy (non-hydrogen) atoms. The predicted octanol–water partition coefficient (Wildman–Crippen LogP) is 2.65. The van der Waals surface area contributed by atoms with E-state index < -0.39 is 41.5 Å². The van der Waals surface area contributed by atoms with Crippen LogP contribution in [0.4, 0.5) is 0 Å². The summed E-state index contributed by atoms with van der Waals surface area (Å²) in [6.07, 6.45) is 2.38. The average Bonchev–Trinajstić information content (AvgIpc) is 2.60. The Kier molecular flexibility index (Phi) is 7.76. The van der Waals surface area contributed by atoms with E-state index in [2.05, 4.69) is 41.8 Å². The Balaban J connectivity index is 2.13. The molecule has 0 aliphatic carbocycles. The van der Waals surface area contributed by atoms with Gasteiger partial charge in [-0.1, -0.05) is 31.9 Å². The molecule has 162 valence electrons. The number of halogens is 2. The number of hydrogen-bond acceptors (Lipinski definition) is 8. The molecule has 14 heteroatoms. The van der Waals surface area contributed by atoms with Crippen LogP contribution in [0.2, 0.25) is 0 Å². The van der Waals surface area contributed by atoms with Gasteiger partial charge >= 0.3 is 0 Å². The molecule has 0 spiro atoms. The molecule has 2 aromatic rings. The minimum Gasteiger partial charge on any atom is -0.506 e. The minimum absolute atomic E-state index is 0.0448. The van der Waals surface area contributed by atoms with Gasteiger partial charge in [0.15, 0.2) is 0 Å². The zero-order valence-electron chi connectivity index (χ0n) is 14.8. The molecule has 0 saturated carbocycles. The number of phenolic OH excluding ortho intramolecular Hbond substituents is 2. The first kappa shape index (κ1) is 24.4. The smallest absolute Gasteiger partial charge is 0.298 e. The van der Waals surface area contributed by atoms with Gasteiger partial charge in [-0.3, -0.25) is 19.1 Å². The summed E-state index contributed by atoms with van der Waals surface area (Å²) < 4.78 is 64.0. The van der Waals surface area contributed by atoms with Gasteiger partial charge in [-0.15, -0.1) is 0 Å². The summed E-state index contributed by atoms with van der Waals surface area (Å²) in [7, 11) is -9.25.